The van der Waals surface area contributed by atoms with Crippen LogP contribution in [-0.4, -0.2) is 33.5 Å². The van der Waals surface area contributed by atoms with Crippen LogP contribution in [0.5, 0.6) is 0 Å². The SMILES string of the molecule is CC/C=C\C/C=C\C/C=C\C/C=C\C[C@@H](O)[C@@H](O)CCCCCC(=O)O. The molecule has 0 aliphatic rings. The maximum atomic E-state index is 10.4. The van der Waals surface area contributed by atoms with Crippen molar-refractivity contribution >= 4 is 5.97 Å². The molecule has 2 atom stereocenters. The van der Waals surface area contributed by atoms with E-state index in [-0.39, 0.29) is 6.42 Å². The van der Waals surface area contributed by atoms with Gasteiger partial charge in [0.1, 0.15) is 0 Å². The van der Waals surface area contributed by atoms with Crippen molar-refractivity contribution in [3.8, 4) is 0 Å². The number of allylic oxidation sites excluding steroid dienone is 7. The maximum absolute atomic E-state index is 10.4. The van der Waals surface area contributed by atoms with E-state index in [1.54, 1.807) is 0 Å². The minimum atomic E-state index is -0.787. The zero-order valence-electron chi connectivity index (χ0n) is 16.1. The van der Waals surface area contributed by atoms with E-state index < -0.39 is 18.2 Å². The second-order valence-electron chi connectivity index (χ2n) is 6.36. The van der Waals surface area contributed by atoms with Gasteiger partial charge in [-0.1, -0.05) is 68.4 Å². The van der Waals surface area contributed by atoms with Gasteiger partial charge in [-0.2, -0.15) is 0 Å². The topological polar surface area (TPSA) is 77.8 Å². The summed E-state index contributed by atoms with van der Waals surface area (Å²) in [7, 11) is 0. The zero-order chi connectivity index (χ0) is 19.5. The van der Waals surface area contributed by atoms with Crippen LogP contribution < -0.4 is 0 Å². The van der Waals surface area contributed by atoms with Crippen molar-refractivity contribution in [1.82, 2.24) is 0 Å². The van der Waals surface area contributed by atoms with Gasteiger partial charge in [0.05, 0.1) is 12.2 Å². The van der Waals surface area contributed by atoms with Crippen LogP contribution in [0, 0.1) is 0 Å². The maximum Gasteiger partial charge on any atom is 0.303 e. The fourth-order valence-corrected chi connectivity index (χ4v) is 2.37. The predicted molar refractivity (Wildman–Crippen MR) is 108 cm³/mol. The number of aliphatic carboxylic acids is 1. The fourth-order valence-electron chi connectivity index (χ4n) is 2.37. The van der Waals surface area contributed by atoms with Gasteiger partial charge >= 0.3 is 5.97 Å². The summed E-state index contributed by atoms with van der Waals surface area (Å²) in [6, 6.07) is 0. The van der Waals surface area contributed by atoms with E-state index in [0.717, 1.165) is 38.5 Å². The number of carbonyl (C=O) groups is 1. The third-order valence-electron chi connectivity index (χ3n) is 3.93. The van der Waals surface area contributed by atoms with Crippen molar-refractivity contribution in [2.75, 3.05) is 0 Å². The molecule has 4 nitrogen and oxygen atoms in total. The van der Waals surface area contributed by atoms with Crippen molar-refractivity contribution in [3.05, 3.63) is 48.6 Å². The highest BCUT2D eigenvalue weighted by molar-refractivity contribution is 5.66. The molecular weight excluding hydrogens is 328 g/mol. The van der Waals surface area contributed by atoms with Gasteiger partial charge in [0, 0.05) is 6.42 Å². The van der Waals surface area contributed by atoms with Crippen molar-refractivity contribution in [2.24, 2.45) is 0 Å². The first-order valence-electron chi connectivity index (χ1n) is 9.75. The number of hydrogen-bond donors (Lipinski definition) is 3. The monoisotopic (exact) mass is 364 g/mol. The highest BCUT2D eigenvalue weighted by Crippen LogP contribution is 2.11. The third kappa shape index (κ3) is 17.2. The quantitative estimate of drug-likeness (QED) is 0.268. The molecule has 26 heavy (non-hydrogen) atoms. The van der Waals surface area contributed by atoms with Gasteiger partial charge in [-0.25, -0.2) is 0 Å². The third-order valence-corrected chi connectivity index (χ3v) is 3.93. The summed E-state index contributed by atoms with van der Waals surface area (Å²) in [4.78, 5) is 10.4. The molecule has 0 unspecified atom stereocenters. The van der Waals surface area contributed by atoms with Gasteiger partial charge in [-0.15, -0.1) is 0 Å². The summed E-state index contributed by atoms with van der Waals surface area (Å²) < 4.78 is 0. The molecule has 0 rings (SSSR count). The van der Waals surface area contributed by atoms with Crippen LogP contribution in [0.15, 0.2) is 48.6 Å². The molecule has 0 spiro atoms. The van der Waals surface area contributed by atoms with E-state index in [4.69, 9.17) is 5.11 Å². The Balaban J connectivity index is 3.68. The molecule has 0 aliphatic carbocycles. The van der Waals surface area contributed by atoms with Gasteiger partial charge in [0.2, 0.25) is 0 Å². The number of hydrogen-bond acceptors (Lipinski definition) is 3. The summed E-state index contributed by atoms with van der Waals surface area (Å²) in [6.45, 7) is 2.13. The normalized spacial score (nSPS) is 14.9. The van der Waals surface area contributed by atoms with Gasteiger partial charge in [-0.05, 0) is 44.9 Å². The minimum Gasteiger partial charge on any atom is -0.481 e. The van der Waals surface area contributed by atoms with Crippen LogP contribution in [0.3, 0.4) is 0 Å². The van der Waals surface area contributed by atoms with Crippen LogP contribution >= 0.6 is 0 Å². The van der Waals surface area contributed by atoms with Crippen LogP contribution in [0.4, 0.5) is 0 Å². The number of carboxylic acids is 1. The molecule has 4 heteroatoms. The number of carboxylic acid groups (broad SMARTS) is 1. The average molecular weight is 365 g/mol. The molecule has 0 heterocycles. The molecule has 148 valence electrons. The molecule has 3 N–H and O–H groups in total. The molecule has 0 aliphatic heterocycles. The van der Waals surface area contributed by atoms with Crippen molar-refractivity contribution < 1.29 is 20.1 Å². The lowest BCUT2D eigenvalue weighted by atomic mass is 10.0. The first kappa shape index (κ1) is 24.4. The summed E-state index contributed by atoms with van der Waals surface area (Å²) in [5.74, 6) is -0.787. The number of rotatable bonds is 16. The second kappa shape index (κ2) is 18.2. The van der Waals surface area contributed by atoms with E-state index in [2.05, 4.69) is 43.4 Å². The second-order valence-corrected chi connectivity index (χ2v) is 6.36. The van der Waals surface area contributed by atoms with E-state index >= 15 is 0 Å². The van der Waals surface area contributed by atoms with E-state index in [0.29, 0.717) is 19.3 Å². The van der Waals surface area contributed by atoms with E-state index in [1.165, 1.54) is 0 Å². The predicted octanol–water partition coefficient (Wildman–Crippen LogP) is 4.94. The van der Waals surface area contributed by atoms with Crippen molar-refractivity contribution in [2.45, 2.75) is 83.3 Å². The Hall–Kier alpha value is -1.65. The molecule has 0 saturated carbocycles. The highest BCUT2D eigenvalue weighted by Gasteiger charge is 2.14. The highest BCUT2D eigenvalue weighted by atomic mass is 16.4. The lowest BCUT2D eigenvalue weighted by Gasteiger charge is -2.15. The molecular formula is C22H36O4. The standard InChI is InChI=1S/C22H36O4/c1-2-3-4-5-6-7-8-9-10-11-12-14-17-20(23)21(24)18-15-13-16-19-22(25)26/h3-4,6-7,9-10,12,14,20-21,23-24H,2,5,8,11,13,15-19H2,1H3,(H,25,26)/b4-3-,7-6-,10-9-,14-12-/t20-,21+/m1/s1. The first-order chi connectivity index (χ1) is 12.6. The molecule has 0 bridgehead atoms. The summed E-state index contributed by atoms with van der Waals surface area (Å²) >= 11 is 0. The van der Waals surface area contributed by atoms with E-state index in [1.807, 2.05) is 12.2 Å². The van der Waals surface area contributed by atoms with Gasteiger partial charge < -0.3 is 15.3 Å². The lowest BCUT2D eigenvalue weighted by molar-refractivity contribution is -0.137. The first-order valence-corrected chi connectivity index (χ1v) is 9.75. The fraction of sp³-hybridized carbons (Fsp3) is 0.591. The Kier molecular flexibility index (Phi) is 17.0. The molecule has 0 amide bonds. The molecule has 0 aromatic rings. The Labute approximate surface area is 158 Å². The molecule has 0 radical (unpaired) electrons. The average Bonchev–Trinajstić information content (AvgIpc) is 2.61. The zero-order valence-corrected chi connectivity index (χ0v) is 16.1. The molecule has 0 aromatic carbocycles. The molecule has 0 aromatic heterocycles. The lowest BCUT2D eigenvalue weighted by Crippen LogP contribution is -2.25. The number of aliphatic hydroxyl groups excluding tert-OH is 2. The van der Waals surface area contributed by atoms with Gasteiger partial charge in [0.15, 0.2) is 0 Å². The Bertz CT molecular complexity index is 449. The summed E-state index contributed by atoms with van der Waals surface area (Å²) in [5, 5.41) is 28.3. The molecule has 0 saturated heterocycles. The molecule has 0 fully saturated rings. The van der Waals surface area contributed by atoms with Crippen LogP contribution in [0.1, 0.15) is 71.1 Å². The number of aliphatic hydroxyl groups is 2. The Morgan fingerprint density at radius 2 is 1.31 bits per heavy atom. The Morgan fingerprint density at radius 3 is 1.85 bits per heavy atom. The van der Waals surface area contributed by atoms with Crippen LogP contribution in [-0.2, 0) is 4.79 Å². The van der Waals surface area contributed by atoms with Crippen molar-refractivity contribution in [1.29, 1.82) is 0 Å². The van der Waals surface area contributed by atoms with Crippen LogP contribution in [0.25, 0.3) is 0 Å². The van der Waals surface area contributed by atoms with Gasteiger partial charge in [0.25, 0.3) is 0 Å². The van der Waals surface area contributed by atoms with Crippen molar-refractivity contribution in [3.63, 3.8) is 0 Å². The Morgan fingerprint density at radius 1 is 0.769 bits per heavy atom. The van der Waals surface area contributed by atoms with Crippen LogP contribution in [0.2, 0.25) is 0 Å². The summed E-state index contributed by atoms with van der Waals surface area (Å²) in [5.41, 5.74) is 0. The summed E-state index contributed by atoms with van der Waals surface area (Å²) in [6.07, 6.45) is 22.3. The van der Waals surface area contributed by atoms with Gasteiger partial charge in [-0.3, -0.25) is 4.79 Å². The largest absolute Gasteiger partial charge is 0.481 e. The smallest absolute Gasteiger partial charge is 0.303 e. The van der Waals surface area contributed by atoms with E-state index in [9.17, 15) is 15.0 Å². The number of unbranched alkanes of at least 4 members (excludes halogenated alkanes) is 2. The minimum absolute atomic E-state index is 0.167.